The molecule has 1 aromatic rings. The average Bonchev–Trinajstić information content (AvgIpc) is 2.72. The summed E-state index contributed by atoms with van der Waals surface area (Å²) in [6.45, 7) is 13.6. The van der Waals surface area contributed by atoms with Crippen LogP contribution in [-0.4, -0.2) is 4.98 Å². The van der Waals surface area contributed by atoms with E-state index in [0.29, 0.717) is 0 Å². The normalized spacial score (nSPS) is 8.36. The lowest BCUT2D eigenvalue weighted by molar-refractivity contribution is 1.38. The first kappa shape index (κ1) is 15.6. The van der Waals surface area contributed by atoms with E-state index in [-0.39, 0.29) is 0 Å². The fourth-order valence-electron chi connectivity index (χ4n) is 0.693. The molecule has 1 aromatic heterocycles. The van der Waals surface area contributed by atoms with Gasteiger partial charge in [0, 0.05) is 0 Å². The highest BCUT2D eigenvalue weighted by Gasteiger charge is 1.95. The molecule has 0 amide bonds. The second kappa shape index (κ2) is 12.1. The molecule has 0 aliphatic heterocycles. The van der Waals surface area contributed by atoms with E-state index in [1.165, 1.54) is 4.88 Å². The van der Waals surface area contributed by atoms with Crippen LogP contribution in [0.2, 0.25) is 0 Å². The maximum atomic E-state index is 4.10. The summed E-state index contributed by atoms with van der Waals surface area (Å²) < 4.78 is 0. The van der Waals surface area contributed by atoms with Crippen molar-refractivity contribution in [3.8, 4) is 0 Å². The summed E-state index contributed by atoms with van der Waals surface area (Å²) in [5.74, 6) is 0. The van der Waals surface area contributed by atoms with Crippen LogP contribution in [0.4, 0.5) is 0 Å². The molecule has 0 aliphatic carbocycles. The van der Waals surface area contributed by atoms with E-state index in [4.69, 9.17) is 0 Å². The molecular weight excluding hydrogens is 190 g/mol. The Bertz CT molecular complexity index is 249. The Hall–Kier alpha value is -0.890. The molecular formula is C12H21NS. The van der Waals surface area contributed by atoms with Gasteiger partial charge in [-0.25, -0.2) is 4.98 Å². The number of rotatable bonds is 2. The summed E-state index contributed by atoms with van der Waals surface area (Å²) in [5, 5.41) is 0. The van der Waals surface area contributed by atoms with Crippen LogP contribution in [0.5, 0.6) is 0 Å². The summed E-state index contributed by atoms with van der Waals surface area (Å²) in [7, 11) is 0. The molecule has 0 saturated carbocycles. The molecule has 1 heterocycles. The predicted octanol–water partition coefficient (Wildman–Crippen LogP) is 4.87. The van der Waals surface area contributed by atoms with Crippen LogP contribution in [0.3, 0.4) is 0 Å². The van der Waals surface area contributed by atoms with Gasteiger partial charge in [0.2, 0.25) is 0 Å². The third-order valence-electron chi connectivity index (χ3n) is 1.14. The number of thiazole rings is 1. The zero-order valence-corrected chi connectivity index (χ0v) is 10.7. The van der Waals surface area contributed by atoms with Gasteiger partial charge in [-0.2, -0.15) is 0 Å². The summed E-state index contributed by atoms with van der Waals surface area (Å²) in [5.41, 5.74) is 2.80. The van der Waals surface area contributed by atoms with E-state index < -0.39 is 0 Å². The van der Waals surface area contributed by atoms with Gasteiger partial charge in [-0.05, 0) is 19.1 Å². The van der Waals surface area contributed by atoms with Gasteiger partial charge in [-0.15, -0.1) is 11.3 Å². The highest BCUT2D eigenvalue weighted by atomic mass is 32.1. The van der Waals surface area contributed by atoms with Gasteiger partial charge in [0.15, 0.2) is 0 Å². The minimum absolute atomic E-state index is 0.975. The fraction of sp³-hybridized carbons (Fsp3) is 0.417. The number of nitrogens with zero attached hydrogens (tertiary/aromatic N) is 1. The van der Waals surface area contributed by atoms with Gasteiger partial charge in [0.1, 0.15) is 0 Å². The molecule has 0 saturated heterocycles. The summed E-state index contributed by atoms with van der Waals surface area (Å²) >= 11 is 1.63. The predicted molar refractivity (Wildman–Crippen MR) is 69.6 cm³/mol. The first-order chi connectivity index (χ1) is 6.88. The molecule has 14 heavy (non-hydrogen) atoms. The third-order valence-corrected chi connectivity index (χ3v) is 1.95. The Morgan fingerprint density at radius 2 is 1.86 bits per heavy atom. The summed E-state index contributed by atoms with van der Waals surface area (Å²) in [4.78, 5) is 5.28. The molecule has 0 N–H and O–H groups in total. The van der Waals surface area contributed by atoms with E-state index in [2.05, 4.69) is 11.6 Å². The van der Waals surface area contributed by atoms with Crippen LogP contribution in [-0.2, 0) is 0 Å². The number of hydrogen-bond acceptors (Lipinski definition) is 2. The van der Waals surface area contributed by atoms with E-state index in [1.807, 2.05) is 52.3 Å². The monoisotopic (exact) mass is 211 g/mol. The topological polar surface area (TPSA) is 12.9 Å². The van der Waals surface area contributed by atoms with Crippen LogP contribution in [0.15, 0.2) is 18.2 Å². The molecule has 1 nitrogen and oxygen atoms in total. The average molecular weight is 211 g/mol. The molecule has 0 bridgehead atoms. The molecule has 0 radical (unpaired) electrons. The maximum Gasteiger partial charge on any atom is 0.0805 e. The van der Waals surface area contributed by atoms with Gasteiger partial charge in [-0.3, -0.25) is 0 Å². The maximum absolute atomic E-state index is 4.10. The first-order valence-electron chi connectivity index (χ1n) is 5.07. The van der Waals surface area contributed by atoms with Crippen molar-refractivity contribution < 1.29 is 0 Å². The molecule has 0 aromatic carbocycles. The van der Waals surface area contributed by atoms with Gasteiger partial charge in [0.05, 0.1) is 16.1 Å². The lowest BCUT2D eigenvalue weighted by Gasteiger charge is -1.84. The Morgan fingerprint density at radius 3 is 2.29 bits per heavy atom. The van der Waals surface area contributed by atoms with Gasteiger partial charge < -0.3 is 0 Å². The zero-order valence-electron chi connectivity index (χ0n) is 9.87. The van der Waals surface area contributed by atoms with Crippen molar-refractivity contribution in [1.82, 2.24) is 4.98 Å². The quantitative estimate of drug-likeness (QED) is 0.680. The van der Waals surface area contributed by atoms with Crippen molar-refractivity contribution in [2.24, 2.45) is 0 Å². The van der Waals surface area contributed by atoms with Gasteiger partial charge >= 0.3 is 0 Å². The Morgan fingerprint density at radius 1 is 1.29 bits per heavy atom. The van der Waals surface area contributed by atoms with E-state index in [0.717, 1.165) is 5.69 Å². The first-order valence-corrected chi connectivity index (χ1v) is 5.95. The molecule has 0 unspecified atom stereocenters. The lowest BCUT2D eigenvalue weighted by atomic mass is 10.3. The second-order valence-electron chi connectivity index (χ2n) is 1.81. The molecule has 2 heteroatoms. The van der Waals surface area contributed by atoms with Gasteiger partial charge in [0.25, 0.3) is 0 Å². The molecule has 0 aliphatic rings. The van der Waals surface area contributed by atoms with Crippen LogP contribution in [0.25, 0.3) is 12.2 Å². The van der Waals surface area contributed by atoms with Crippen LogP contribution in [0, 0.1) is 0 Å². The minimum Gasteiger partial charge on any atom is -0.245 e. The molecule has 0 spiro atoms. The number of allylic oxidation sites excluding steroid dienone is 1. The van der Waals surface area contributed by atoms with Crippen molar-refractivity contribution in [3.63, 3.8) is 0 Å². The summed E-state index contributed by atoms with van der Waals surface area (Å²) in [6, 6.07) is 0. The van der Waals surface area contributed by atoms with Crippen molar-refractivity contribution in [2.75, 3.05) is 0 Å². The Labute approximate surface area is 92.2 Å². The minimum atomic E-state index is 0.975. The van der Waals surface area contributed by atoms with Crippen LogP contribution >= 0.6 is 11.3 Å². The van der Waals surface area contributed by atoms with Gasteiger partial charge in [-0.1, -0.05) is 40.3 Å². The second-order valence-corrected chi connectivity index (χ2v) is 2.69. The highest BCUT2D eigenvalue weighted by molar-refractivity contribution is 7.10. The SMILES string of the molecule is C=Cc1ncsc1/C=C\C.CC.CC. The summed E-state index contributed by atoms with van der Waals surface area (Å²) in [6.07, 6.45) is 5.81. The van der Waals surface area contributed by atoms with E-state index in [1.54, 1.807) is 17.4 Å². The largest absolute Gasteiger partial charge is 0.245 e. The van der Waals surface area contributed by atoms with Crippen molar-refractivity contribution in [3.05, 3.63) is 28.7 Å². The van der Waals surface area contributed by atoms with Crippen molar-refractivity contribution in [2.45, 2.75) is 34.6 Å². The smallest absolute Gasteiger partial charge is 0.0805 e. The van der Waals surface area contributed by atoms with Crippen molar-refractivity contribution >= 4 is 23.5 Å². The molecule has 80 valence electrons. The van der Waals surface area contributed by atoms with E-state index >= 15 is 0 Å². The highest BCUT2D eigenvalue weighted by Crippen LogP contribution is 2.15. The van der Waals surface area contributed by atoms with E-state index in [9.17, 15) is 0 Å². The standard InChI is InChI=1S/C8H9NS.2C2H6/c1-3-5-8-7(4-2)9-6-10-8;2*1-2/h3-6H,2H2,1H3;2*1-2H3/b5-3-;;. The number of aromatic nitrogens is 1. The Balaban J connectivity index is 0. The van der Waals surface area contributed by atoms with Crippen LogP contribution in [0.1, 0.15) is 45.2 Å². The fourth-order valence-corrected chi connectivity index (χ4v) is 1.44. The molecule has 1 rings (SSSR count). The van der Waals surface area contributed by atoms with Crippen molar-refractivity contribution in [1.29, 1.82) is 0 Å². The lowest BCUT2D eigenvalue weighted by Crippen LogP contribution is -1.70. The number of hydrogen-bond donors (Lipinski definition) is 0. The Kier molecular flexibility index (Phi) is 13.5. The molecule has 0 atom stereocenters. The zero-order chi connectivity index (χ0) is 11.4. The van der Waals surface area contributed by atoms with Crippen LogP contribution < -0.4 is 0 Å². The molecule has 0 fully saturated rings. The third kappa shape index (κ3) is 5.70.